The Labute approximate surface area is 144 Å². The fourth-order valence-electron chi connectivity index (χ4n) is 2.09. The Balaban J connectivity index is 1.88. The Morgan fingerprint density at radius 3 is 2.83 bits per heavy atom. The molecule has 0 aliphatic heterocycles. The summed E-state index contributed by atoms with van der Waals surface area (Å²) in [6.45, 7) is 4.28. The molecule has 1 aromatic heterocycles. The zero-order valence-corrected chi connectivity index (χ0v) is 14.7. The standard InChI is InChI=1S/C17H20N2O4S/c1-4-23-17(21)13-10-24-16(19-13)9-18-15(20)8-12-6-5-11(2)14(7-12)22-3/h5-7,10H,4,8-9H2,1-3H3,(H,18,20). The number of aryl methyl sites for hydroxylation is 1. The number of methoxy groups -OCH3 is 1. The molecular formula is C17H20N2O4S. The van der Waals surface area contributed by atoms with E-state index in [2.05, 4.69) is 10.3 Å². The van der Waals surface area contributed by atoms with Gasteiger partial charge in [-0.3, -0.25) is 4.79 Å². The first kappa shape index (κ1) is 17.9. The van der Waals surface area contributed by atoms with Crippen molar-refractivity contribution in [2.45, 2.75) is 26.8 Å². The first-order valence-electron chi connectivity index (χ1n) is 7.55. The maximum Gasteiger partial charge on any atom is 0.357 e. The molecule has 1 aromatic carbocycles. The van der Waals surface area contributed by atoms with E-state index in [4.69, 9.17) is 9.47 Å². The lowest BCUT2D eigenvalue weighted by molar-refractivity contribution is -0.120. The van der Waals surface area contributed by atoms with E-state index in [0.29, 0.717) is 11.6 Å². The summed E-state index contributed by atoms with van der Waals surface area (Å²) in [5.74, 6) is 0.200. The van der Waals surface area contributed by atoms with Gasteiger partial charge in [-0.1, -0.05) is 12.1 Å². The summed E-state index contributed by atoms with van der Waals surface area (Å²) >= 11 is 1.31. The molecule has 0 aliphatic rings. The molecule has 0 unspecified atom stereocenters. The smallest absolute Gasteiger partial charge is 0.357 e. The lowest BCUT2D eigenvalue weighted by Crippen LogP contribution is -2.24. The molecule has 0 radical (unpaired) electrons. The molecule has 7 heteroatoms. The van der Waals surface area contributed by atoms with Gasteiger partial charge in [0.1, 0.15) is 10.8 Å². The minimum absolute atomic E-state index is 0.117. The maximum atomic E-state index is 12.0. The molecule has 0 spiro atoms. The van der Waals surface area contributed by atoms with E-state index >= 15 is 0 Å². The summed E-state index contributed by atoms with van der Waals surface area (Å²) < 4.78 is 10.1. The largest absolute Gasteiger partial charge is 0.496 e. The number of hydrogen-bond acceptors (Lipinski definition) is 6. The van der Waals surface area contributed by atoms with Gasteiger partial charge in [-0.05, 0) is 31.0 Å². The van der Waals surface area contributed by atoms with Crippen LogP contribution in [0.4, 0.5) is 0 Å². The second kappa shape index (κ2) is 8.44. The third-order valence-corrected chi connectivity index (χ3v) is 4.16. The fourth-order valence-corrected chi connectivity index (χ4v) is 2.79. The predicted octanol–water partition coefficient (Wildman–Crippen LogP) is 2.50. The molecule has 0 fully saturated rings. The van der Waals surface area contributed by atoms with Crippen LogP contribution in [0.1, 0.15) is 33.5 Å². The van der Waals surface area contributed by atoms with Gasteiger partial charge < -0.3 is 14.8 Å². The minimum Gasteiger partial charge on any atom is -0.496 e. The zero-order chi connectivity index (χ0) is 17.5. The molecule has 0 saturated heterocycles. The molecule has 0 atom stereocenters. The van der Waals surface area contributed by atoms with Gasteiger partial charge in [0.2, 0.25) is 5.91 Å². The number of nitrogens with one attached hydrogen (secondary N) is 1. The lowest BCUT2D eigenvalue weighted by Gasteiger charge is -2.08. The first-order chi connectivity index (χ1) is 11.5. The number of amides is 1. The number of thiazole rings is 1. The molecule has 2 rings (SSSR count). The highest BCUT2D eigenvalue weighted by Crippen LogP contribution is 2.19. The number of aromatic nitrogens is 1. The topological polar surface area (TPSA) is 77.5 Å². The van der Waals surface area contributed by atoms with Crippen LogP contribution in [0.5, 0.6) is 5.75 Å². The summed E-state index contributed by atoms with van der Waals surface area (Å²) in [5.41, 5.74) is 2.17. The average Bonchev–Trinajstić information content (AvgIpc) is 3.04. The van der Waals surface area contributed by atoms with Crippen LogP contribution in [-0.2, 0) is 22.5 Å². The van der Waals surface area contributed by atoms with Crippen molar-refractivity contribution in [3.05, 3.63) is 45.4 Å². The monoisotopic (exact) mass is 348 g/mol. The van der Waals surface area contributed by atoms with E-state index in [-0.39, 0.29) is 24.6 Å². The van der Waals surface area contributed by atoms with Gasteiger partial charge in [0.05, 0.1) is 26.7 Å². The Hall–Kier alpha value is -2.41. The van der Waals surface area contributed by atoms with Crippen LogP contribution >= 0.6 is 11.3 Å². The van der Waals surface area contributed by atoms with Gasteiger partial charge in [-0.15, -0.1) is 11.3 Å². The Kier molecular flexibility index (Phi) is 6.31. The van der Waals surface area contributed by atoms with Crippen LogP contribution in [0, 0.1) is 6.92 Å². The Morgan fingerprint density at radius 2 is 2.12 bits per heavy atom. The lowest BCUT2D eigenvalue weighted by atomic mass is 10.1. The predicted molar refractivity (Wildman–Crippen MR) is 91.4 cm³/mol. The molecule has 0 aliphatic carbocycles. The van der Waals surface area contributed by atoms with Crippen molar-refractivity contribution < 1.29 is 19.1 Å². The van der Waals surface area contributed by atoms with E-state index in [1.54, 1.807) is 19.4 Å². The van der Waals surface area contributed by atoms with Crippen LogP contribution in [0.2, 0.25) is 0 Å². The minimum atomic E-state index is -0.446. The molecule has 2 aromatic rings. The summed E-state index contributed by atoms with van der Waals surface area (Å²) in [6, 6.07) is 5.69. The number of nitrogens with zero attached hydrogens (tertiary/aromatic N) is 1. The van der Waals surface area contributed by atoms with Gasteiger partial charge in [0.25, 0.3) is 0 Å². The Morgan fingerprint density at radius 1 is 1.33 bits per heavy atom. The zero-order valence-electron chi connectivity index (χ0n) is 13.9. The molecule has 24 heavy (non-hydrogen) atoms. The summed E-state index contributed by atoms with van der Waals surface area (Å²) in [6.07, 6.45) is 0.257. The summed E-state index contributed by atoms with van der Waals surface area (Å²) in [7, 11) is 1.61. The summed E-state index contributed by atoms with van der Waals surface area (Å²) in [4.78, 5) is 27.8. The number of carbonyl (C=O) groups excluding carboxylic acids is 2. The molecule has 1 amide bonds. The number of ether oxygens (including phenoxy) is 2. The Bertz CT molecular complexity index is 727. The van der Waals surface area contributed by atoms with E-state index in [0.717, 1.165) is 16.9 Å². The normalized spacial score (nSPS) is 10.3. The second-order valence-corrected chi connectivity index (χ2v) is 6.05. The average molecular weight is 348 g/mol. The molecule has 1 heterocycles. The fraction of sp³-hybridized carbons (Fsp3) is 0.353. The van der Waals surface area contributed by atoms with E-state index in [1.807, 2.05) is 25.1 Å². The van der Waals surface area contributed by atoms with Crippen molar-refractivity contribution >= 4 is 23.2 Å². The van der Waals surface area contributed by atoms with Crippen molar-refractivity contribution in [3.8, 4) is 5.75 Å². The highest BCUT2D eigenvalue weighted by atomic mass is 32.1. The van der Waals surface area contributed by atoms with E-state index < -0.39 is 5.97 Å². The number of benzene rings is 1. The molecule has 1 N–H and O–H groups in total. The highest BCUT2D eigenvalue weighted by molar-refractivity contribution is 7.09. The first-order valence-corrected chi connectivity index (χ1v) is 8.43. The number of esters is 1. The third kappa shape index (κ3) is 4.79. The van der Waals surface area contributed by atoms with Gasteiger partial charge in [-0.2, -0.15) is 0 Å². The van der Waals surface area contributed by atoms with Crippen molar-refractivity contribution in [3.63, 3.8) is 0 Å². The van der Waals surface area contributed by atoms with Gasteiger partial charge in [-0.25, -0.2) is 9.78 Å². The van der Waals surface area contributed by atoms with Gasteiger partial charge in [0.15, 0.2) is 5.69 Å². The SMILES string of the molecule is CCOC(=O)c1csc(CNC(=O)Cc2ccc(C)c(OC)c2)n1. The highest BCUT2D eigenvalue weighted by Gasteiger charge is 2.12. The van der Waals surface area contributed by atoms with Crippen LogP contribution in [0.15, 0.2) is 23.6 Å². The van der Waals surface area contributed by atoms with Crippen molar-refractivity contribution in [2.75, 3.05) is 13.7 Å². The van der Waals surface area contributed by atoms with Crippen LogP contribution in [0.3, 0.4) is 0 Å². The molecular weight excluding hydrogens is 328 g/mol. The van der Waals surface area contributed by atoms with Crippen molar-refractivity contribution in [2.24, 2.45) is 0 Å². The maximum absolute atomic E-state index is 12.0. The number of hydrogen-bond donors (Lipinski definition) is 1. The number of carbonyl (C=O) groups is 2. The molecule has 6 nitrogen and oxygen atoms in total. The van der Waals surface area contributed by atoms with Crippen LogP contribution < -0.4 is 10.1 Å². The van der Waals surface area contributed by atoms with Crippen LogP contribution in [0.25, 0.3) is 0 Å². The third-order valence-electron chi connectivity index (χ3n) is 3.31. The molecule has 0 bridgehead atoms. The number of rotatable bonds is 7. The van der Waals surface area contributed by atoms with Gasteiger partial charge >= 0.3 is 5.97 Å². The molecule has 0 saturated carbocycles. The molecule has 128 valence electrons. The summed E-state index contributed by atoms with van der Waals surface area (Å²) in [5, 5.41) is 5.09. The van der Waals surface area contributed by atoms with Crippen molar-refractivity contribution in [1.82, 2.24) is 10.3 Å². The van der Waals surface area contributed by atoms with E-state index in [9.17, 15) is 9.59 Å². The second-order valence-electron chi connectivity index (χ2n) is 5.10. The van der Waals surface area contributed by atoms with Gasteiger partial charge in [0, 0.05) is 5.38 Å². The van der Waals surface area contributed by atoms with Crippen LogP contribution in [-0.4, -0.2) is 30.6 Å². The van der Waals surface area contributed by atoms with E-state index in [1.165, 1.54) is 11.3 Å². The van der Waals surface area contributed by atoms with Crippen molar-refractivity contribution in [1.29, 1.82) is 0 Å². The quantitative estimate of drug-likeness (QED) is 0.778.